The van der Waals surface area contributed by atoms with Crippen LogP contribution in [-0.4, -0.2) is 163 Å². The summed E-state index contributed by atoms with van der Waals surface area (Å²) in [4.78, 5) is 75.3. The largest absolute Gasteiger partial charge is 0.508 e. The van der Waals surface area contributed by atoms with Crippen molar-refractivity contribution in [3.63, 3.8) is 0 Å². The van der Waals surface area contributed by atoms with Crippen LogP contribution in [-0.2, 0) is 35.4 Å². The highest BCUT2D eigenvalue weighted by atomic mass is 16.4. The molecule has 75 heavy (non-hydrogen) atoms. The van der Waals surface area contributed by atoms with Crippen LogP contribution in [0, 0.1) is 0 Å². The summed E-state index contributed by atoms with van der Waals surface area (Å²) in [5.41, 5.74) is 3.39. The van der Waals surface area contributed by atoms with Crippen molar-refractivity contribution in [2.75, 3.05) is 74.1 Å². The average molecular weight is 1020 g/mol. The zero-order chi connectivity index (χ0) is 52.3. The Hall–Kier alpha value is -9.03. The molecule has 6 aromatic rings. The van der Waals surface area contributed by atoms with Gasteiger partial charge in [-0.25, -0.2) is 14.2 Å². The van der Waals surface area contributed by atoms with Crippen molar-refractivity contribution in [2.24, 2.45) is 0 Å². The number of nitrogens with zero attached hydrogens (tertiary/aromatic N) is 13. The van der Waals surface area contributed by atoms with Crippen molar-refractivity contribution < 1.29 is 44.3 Å². The Balaban J connectivity index is 0.928. The first-order chi connectivity index (χ1) is 36.2. The van der Waals surface area contributed by atoms with Gasteiger partial charge in [0, 0.05) is 125 Å². The van der Waals surface area contributed by atoms with Crippen LogP contribution >= 0.6 is 0 Å². The number of aliphatic hydroxyl groups excluding tert-OH is 2. The number of amides is 2. The molecule has 10 rings (SSSR count). The van der Waals surface area contributed by atoms with Crippen LogP contribution in [0.4, 0.5) is 23.5 Å². The van der Waals surface area contributed by atoms with E-state index in [0.29, 0.717) is 96.7 Å². The van der Waals surface area contributed by atoms with Crippen LogP contribution in [0.5, 0.6) is 11.5 Å². The molecule has 386 valence electrons. The fraction of sp³-hybridized carbons (Fsp3) is 0.314. The number of carbonyl (C=O) groups excluding carboxylic acids is 2. The van der Waals surface area contributed by atoms with Crippen LogP contribution in [0.25, 0.3) is 33.4 Å². The molecular formula is C51H52N14O10. The maximum Gasteiger partial charge on any atom is 0.336 e. The van der Waals surface area contributed by atoms with Crippen LogP contribution in [0.1, 0.15) is 40.3 Å². The third-order valence-corrected chi connectivity index (χ3v) is 13.1. The van der Waals surface area contributed by atoms with Gasteiger partial charge in [0.1, 0.15) is 35.4 Å². The van der Waals surface area contributed by atoms with Crippen molar-refractivity contribution in [1.29, 1.82) is 0 Å². The number of phenols is 2. The molecular weight excluding hydrogens is 969 g/mol. The molecule has 2 saturated heterocycles. The van der Waals surface area contributed by atoms with Gasteiger partial charge in [0.15, 0.2) is 5.43 Å². The van der Waals surface area contributed by atoms with E-state index in [9.17, 15) is 44.7 Å². The van der Waals surface area contributed by atoms with E-state index in [-0.39, 0.29) is 90.7 Å². The van der Waals surface area contributed by atoms with E-state index in [0.717, 1.165) is 5.56 Å². The highest BCUT2D eigenvalue weighted by Crippen LogP contribution is 2.42. The van der Waals surface area contributed by atoms with E-state index in [1.807, 2.05) is 9.80 Å². The van der Waals surface area contributed by atoms with Crippen molar-refractivity contribution in [1.82, 2.24) is 54.7 Å². The zero-order valence-electron chi connectivity index (χ0n) is 40.6. The minimum absolute atomic E-state index is 0.0275. The molecule has 3 aliphatic heterocycles. The topological polar surface area (TPSA) is 308 Å². The van der Waals surface area contributed by atoms with Crippen molar-refractivity contribution in [2.45, 2.75) is 44.9 Å². The summed E-state index contributed by atoms with van der Waals surface area (Å²) < 4.78 is 8.97. The van der Waals surface area contributed by atoms with Gasteiger partial charge in [-0.3, -0.25) is 14.4 Å². The first-order valence-electron chi connectivity index (χ1n) is 24.3. The molecule has 4 aliphatic rings. The Labute approximate surface area is 427 Å². The molecule has 0 radical (unpaired) electrons. The summed E-state index contributed by atoms with van der Waals surface area (Å²) in [6.07, 6.45) is 3.56. The van der Waals surface area contributed by atoms with E-state index >= 15 is 0 Å². The number of carbonyl (C=O) groups is 3. The number of hydrogen-bond acceptors (Lipinski definition) is 19. The number of carboxylic acid groups (broad SMARTS) is 1. The zero-order valence-corrected chi connectivity index (χ0v) is 40.6. The summed E-state index contributed by atoms with van der Waals surface area (Å²) in [6, 6.07) is 19.4. The van der Waals surface area contributed by atoms with E-state index in [1.54, 1.807) is 77.6 Å². The van der Waals surface area contributed by atoms with Crippen LogP contribution in [0.15, 0.2) is 100 Å². The summed E-state index contributed by atoms with van der Waals surface area (Å²) in [7, 11) is 0. The van der Waals surface area contributed by atoms with Crippen LogP contribution in [0.2, 0.25) is 0 Å². The quantitative estimate of drug-likeness (QED) is 0.0758. The Morgan fingerprint density at radius 3 is 2.11 bits per heavy atom. The molecule has 3 aromatic heterocycles. The maximum atomic E-state index is 14.4. The standard InChI is InChI=1S/C51H52N14O10/c1-30(67)22-34-27-64(58-57-34)29-45(71)60-13-17-62(18-14-60)50-53-49(52-32-4-9-38(41(24-32)48(73)74)46-39-10-7-36(69)25-43(39)75-44-26-37(70)8-11-40(44)46)54-51(55-50)63-19-15-61(16-20-63)47(72)42(23-31-2-5-35(68)6-3-31)65-28-33(12-21-66)56-59-65/h2-11,24-28,30,42,66-69H,12-23,29H2,1H3,(H,73,74)(H,52,53,54,55)/t30?,42-/m0/s1. The number of piperazine rings is 2. The normalized spacial score (nSPS) is 14.9. The summed E-state index contributed by atoms with van der Waals surface area (Å²) in [6.45, 7) is 4.12. The fourth-order valence-corrected chi connectivity index (χ4v) is 9.38. The van der Waals surface area contributed by atoms with Crippen molar-refractivity contribution in [3.05, 3.63) is 124 Å². The number of carboxylic acids is 1. The van der Waals surface area contributed by atoms with E-state index in [4.69, 9.17) is 19.4 Å². The molecule has 3 aromatic carbocycles. The SMILES string of the molecule is CC(O)Cc1cn(CC(=O)N2CCN(c3nc(Nc4ccc(-c5c6ccc(=O)cc-6oc6cc(O)ccc56)c(C(=O)O)c4)nc(N4CCN(C(=O)[C@H](Cc5ccc(O)cc5)n5cc(CCO)nn5)CC4)n3)CC2)nn1. The highest BCUT2D eigenvalue weighted by Gasteiger charge is 2.32. The lowest BCUT2D eigenvalue weighted by molar-refractivity contribution is -0.135. The Bertz CT molecular complexity index is 3420. The molecule has 24 nitrogen and oxygen atoms in total. The molecule has 6 N–H and O–H groups in total. The second-order valence-electron chi connectivity index (χ2n) is 18.5. The lowest BCUT2D eigenvalue weighted by Gasteiger charge is -2.37. The molecule has 2 amide bonds. The van der Waals surface area contributed by atoms with Gasteiger partial charge in [-0.05, 0) is 66.6 Å². The van der Waals surface area contributed by atoms with Gasteiger partial charge >= 0.3 is 5.97 Å². The molecule has 24 heteroatoms. The van der Waals surface area contributed by atoms with Gasteiger partial charge in [-0.15, -0.1) is 10.2 Å². The Kier molecular flexibility index (Phi) is 14.0. The number of phenolic OH excluding ortho intramolecular Hbond substituents is 2. The number of benzene rings is 4. The number of nitrogens with one attached hydrogen (secondary N) is 1. The number of aromatic nitrogens is 9. The number of aromatic carboxylic acids is 1. The summed E-state index contributed by atoms with van der Waals surface area (Å²) >= 11 is 0. The number of aliphatic hydroxyl groups is 2. The molecule has 6 heterocycles. The Morgan fingerprint density at radius 2 is 1.41 bits per heavy atom. The second-order valence-corrected chi connectivity index (χ2v) is 18.5. The van der Waals surface area contributed by atoms with Gasteiger partial charge in [0.25, 0.3) is 0 Å². The van der Waals surface area contributed by atoms with Gasteiger partial charge < -0.3 is 54.9 Å². The number of hydrogen-bond donors (Lipinski definition) is 6. The molecule has 1 aliphatic carbocycles. The van der Waals surface area contributed by atoms with E-state index < -0.39 is 18.1 Å². The average Bonchev–Trinajstić information content (AvgIpc) is 4.06. The van der Waals surface area contributed by atoms with Gasteiger partial charge in [0.2, 0.25) is 29.7 Å². The number of rotatable bonds is 16. The molecule has 2 atom stereocenters. The number of anilines is 4. The van der Waals surface area contributed by atoms with Crippen LogP contribution in [0.3, 0.4) is 0 Å². The number of aromatic hydroxyl groups is 2. The lowest BCUT2D eigenvalue weighted by atomic mass is 9.90. The fourth-order valence-electron chi connectivity index (χ4n) is 9.38. The van der Waals surface area contributed by atoms with Gasteiger partial charge in [-0.2, -0.15) is 15.0 Å². The molecule has 0 bridgehead atoms. The maximum absolute atomic E-state index is 14.4. The van der Waals surface area contributed by atoms with E-state index in [2.05, 4.69) is 25.9 Å². The molecule has 0 spiro atoms. The second kappa shape index (κ2) is 21.2. The van der Waals surface area contributed by atoms with Crippen molar-refractivity contribution >= 4 is 52.3 Å². The van der Waals surface area contributed by atoms with E-state index in [1.165, 1.54) is 39.7 Å². The third-order valence-electron chi connectivity index (χ3n) is 13.1. The minimum Gasteiger partial charge on any atom is -0.508 e. The molecule has 2 fully saturated rings. The summed E-state index contributed by atoms with van der Waals surface area (Å²) in [5, 5.41) is 70.5. The minimum atomic E-state index is -1.24. The molecule has 1 unspecified atom stereocenters. The monoisotopic (exact) mass is 1020 g/mol. The smallest absolute Gasteiger partial charge is 0.336 e. The summed E-state index contributed by atoms with van der Waals surface area (Å²) in [5.74, 6) is -0.676. The first kappa shape index (κ1) is 49.5. The Morgan fingerprint density at radius 1 is 0.733 bits per heavy atom. The molecule has 0 saturated carbocycles. The number of fused-ring (bicyclic) bond motifs is 2. The van der Waals surface area contributed by atoms with Crippen LogP contribution < -0.4 is 20.5 Å². The predicted molar refractivity (Wildman–Crippen MR) is 271 cm³/mol. The third kappa shape index (κ3) is 11.0. The lowest BCUT2D eigenvalue weighted by Crippen LogP contribution is -2.52. The van der Waals surface area contributed by atoms with Gasteiger partial charge in [0.05, 0.1) is 23.1 Å². The first-order valence-corrected chi connectivity index (χ1v) is 24.3. The predicted octanol–water partition coefficient (Wildman–Crippen LogP) is 2.73. The van der Waals surface area contributed by atoms with Gasteiger partial charge in [-0.1, -0.05) is 28.6 Å². The van der Waals surface area contributed by atoms with Crippen molar-refractivity contribution in [3.8, 4) is 33.9 Å². The highest BCUT2D eigenvalue weighted by molar-refractivity contribution is 6.08.